The van der Waals surface area contributed by atoms with Crippen LogP contribution in [0.2, 0.25) is 0 Å². The van der Waals surface area contributed by atoms with Crippen molar-refractivity contribution in [2.45, 2.75) is 13.3 Å². The highest BCUT2D eigenvalue weighted by Gasteiger charge is 2.06. The molecule has 0 bridgehead atoms. The molecule has 0 radical (unpaired) electrons. The SMILES string of the molecule is COc1ccccc1Nc1ccc(NC(=O)Cc2ccc(C)cc2)cn1. The van der Waals surface area contributed by atoms with Crippen LogP contribution in [-0.2, 0) is 11.2 Å². The highest BCUT2D eigenvalue weighted by Crippen LogP contribution is 2.26. The van der Waals surface area contributed by atoms with Crippen LogP contribution in [0.25, 0.3) is 0 Å². The number of hydrogen-bond acceptors (Lipinski definition) is 4. The minimum absolute atomic E-state index is 0.0684. The van der Waals surface area contributed by atoms with Crippen molar-refractivity contribution < 1.29 is 9.53 Å². The van der Waals surface area contributed by atoms with Crippen molar-refractivity contribution in [2.75, 3.05) is 17.7 Å². The third-order valence-corrected chi connectivity index (χ3v) is 3.90. The molecule has 0 saturated heterocycles. The highest BCUT2D eigenvalue weighted by atomic mass is 16.5. The molecule has 3 aromatic rings. The number of nitrogens with zero attached hydrogens (tertiary/aromatic N) is 1. The molecule has 26 heavy (non-hydrogen) atoms. The van der Waals surface area contributed by atoms with Gasteiger partial charge in [-0.2, -0.15) is 0 Å². The van der Waals surface area contributed by atoms with Crippen molar-refractivity contribution in [3.05, 3.63) is 78.0 Å². The predicted molar refractivity (Wildman–Crippen MR) is 104 cm³/mol. The van der Waals surface area contributed by atoms with Gasteiger partial charge in [0.15, 0.2) is 0 Å². The Labute approximate surface area is 153 Å². The molecule has 0 atom stereocenters. The molecule has 0 aliphatic heterocycles. The molecule has 5 heteroatoms. The first kappa shape index (κ1) is 17.5. The molecule has 5 nitrogen and oxygen atoms in total. The van der Waals surface area contributed by atoms with E-state index in [2.05, 4.69) is 15.6 Å². The zero-order valence-corrected chi connectivity index (χ0v) is 14.8. The number of pyridine rings is 1. The second-order valence-corrected chi connectivity index (χ2v) is 5.97. The number of rotatable bonds is 6. The number of hydrogen-bond donors (Lipinski definition) is 2. The largest absolute Gasteiger partial charge is 0.495 e. The van der Waals surface area contributed by atoms with Crippen LogP contribution >= 0.6 is 0 Å². The van der Waals surface area contributed by atoms with E-state index in [9.17, 15) is 4.79 Å². The lowest BCUT2D eigenvalue weighted by Gasteiger charge is -2.11. The number of carbonyl (C=O) groups is 1. The fraction of sp³-hybridized carbons (Fsp3) is 0.143. The molecule has 1 heterocycles. The minimum Gasteiger partial charge on any atom is -0.495 e. The quantitative estimate of drug-likeness (QED) is 0.697. The van der Waals surface area contributed by atoms with E-state index in [4.69, 9.17) is 4.74 Å². The summed E-state index contributed by atoms with van der Waals surface area (Å²) in [7, 11) is 1.63. The van der Waals surface area contributed by atoms with Gasteiger partial charge in [0.1, 0.15) is 11.6 Å². The molecule has 2 aromatic carbocycles. The van der Waals surface area contributed by atoms with Crippen molar-refractivity contribution in [2.24, 2.45) is 0 Å². The first-order chi connectivity index (χ1) is 12.6. The topological polar surface area (TPSA) is 63.2 Å². The molecule has 0 unspecified atom stereocenters. The molecule has 0 fully saturated rings. The molecule has 0 spiro atoms. The van der Waals surface area contributed by atoms with E-state index in [1.807, 2.05) is 67.6 Å². The van der Waals surface area contributed by atoms with Crippen LogP contribution in [0.3, 0.4) is 0 Å². The van der Waals surface area contributed by atoms with Gasteiger partial charge in [-0.3, -0.25) is 4.79 Å². The molecular formula is C21H21N3O2. The van der Waals surface area contributed by atoms with Gasteiger partial charge in [0.05, 0.1) is 31.1 Å². The Balaban J connectivity index is 1.60. The maximum absolute atomic E-state index is 12.2. The number of aryl methyl sites for hydroxylation is 1. The fourth-order valence-corrected chi connectivity index (χ4v) is 2.52. The first-order valence-corrected chi connectivity index (χ1v) is 8.35. The number of ether oxygens (including phenoxy) is 1. The second kappa shape index (κ2) is 8.16. The van der Waals surface area contributed by atoms with Crippen molar-refractivity contribution in [3.8, 4) is 5.75 Å². The molecule has 2 N–H and O–H groups in total. The van der Waals surface area contributed by atoms with E-state index in [0.29, 0.717) is 17.9 Å². The lowest BCUT2D eigenvalue weighted by molar-refractivity contribution is -0.115. The van der Waals surface area contributed by atoms with Gasteiger partial charge in [-0.05, 0) is 36.8 Å². The van der Waals surface area contributed by atoms with Crippen molar-refractivity contribution in [3.63, 3.8) is 0 Å². The zero-order chi connectivity index (χ0) is 18.4. The van der Waals surface area contributed by atoms with Crippen LogP contribution < -0.4 is 15.4 Å². The van der Waals surface area contributed by atoms with E-state index in [0.717, 1.165) is 17.0 Å². The van der Waals surface area contributed by atoms with Gasteiger partial charge >= 0.3 is 0 Å². The van der Waals surface area contributed by atoms with Crippen LogP contribution in [-0.4, -0.2) is 18.0 Å². The lowest BCUT2D eigenvalue weighted by atomic mass is 10.1. The van der Waals surface area contributed by atoms with Crippen LogP contribution in [0.4, 0.5) is 17.2 Å². The normalized spacial score (nSPS) is 10.2. The number of aromatic nitrogens is 1. The van der Waals surface area contributed by atoms with E-state index < -0.39 is 0 Å². The zero-order valence-electron chi connectivity index (χ0n) is 14.8. The van der Waals surface area contributed by atoms with Gasteiger partial charge in [0.2, 0.25) is 5.91 Å². The van der Waals surface area contributed by atoms with Gasteiger partial charge < -0.3 is 15.4 Å². The van der Waals surface area contributed by atoms with E-state index in [1.54, 1.807) is 13.3 Å². The Morgan fingerprint density at radius 3 is 2.50 bits per heavy atom. The number of amides is 1. The third kappa shape index (κ3) is 4.60. The summed E-state index contributed by atoms with van der Waals surface area (Å²) in [5.74, 6) is 1.34. The summed E-state index contributed by atoms with van der Waals surface area (Å²) in [5.41, 5.74) is 3.65. The fourth-order valence-electron chi connectivity index (χ4n) is 2.52. The smallest absolute Gasteiger partial charge is 0.228 e. The Bertz CT molecular complexity index is 875. The first-order valence-electron chi connectivity index (χ1n) is 8.35. The summed E-state index contributed by atoms with van der Waals surface area (Å²) in [6, 6.07) is 19.2. The number of carbonyl (C=O) groups excluding carboxylic acids is 1. The van der Waals surface area contributed by atoms with E-state index >= 15 is 0 Å². The summed E-state index contributed by atoms with van der Waals surface area (Å²) < 4.78 is 5.31. The predicted octanol–water partition coefficient (Wildman–Crippen LogP) is 4.32. The van der Waals surface area contributed by atoms with Gasteiger partial charge in [-0.15, -0.1) is 0 Å². The Morgan fingerprint density at radius 1 is 1.04 bits per heavy atom. The maximum atomic E-state index is 12.2. The second-order valence-electron chi connectivity index (χ2n) is 5.97. The van der Waals surface area contributed by atoms with Crippen molar-refractivity contribution in [1.82, 2.24) is 4.98 Å². The third-order valence-electron chi connectivity index (χ3n) is 3.90. The van der Waals surface area contributed by atoms with Gasteiger partial charge in [0.25, 0.3) is 0 Å². The molecule has 132 valence electrons. The maximum Gasteiger partial charge on any atom is 0.228 e. The van der Waals surface area contributed by atoms with Crippen LogP contribution in [0.1, 0.15) is 11.1 Å². The number of para-hydroxylation sites is 2. The summed E-state index contributed by atoms with van der Waals surface area (Å²) in [6.45, 7) is 2.02. The van der Waals surface area contributed by atoms with E-state index in [1.165, 1.54) is 5.56 Å². The molecular weight excluding hydrogens is 326 g/mol. The minimum atomic E-state index is -0.0684. The van der Waals surface area contributed by atoms with Crippen molar-refractivity contribution >= 4 is 23.1 Å². The summed E-state index contributed by atoms with van der Waals surface area (Å²) in [6.07, 6.45) is 1.96. The van der Waals surface area contributed by atoms with Gasteiger partial charge in [-0.25, -0.2) is 4.98 Å². The monoisotopic (exact) mass is 347 g/mol. The lowest BCUT2D eigenvalue weighted by Crippen LogP contribution is -2.14. The number of nitrogens with one attached hydrogen (secondary N) is 2. The summed E-state index contributed by atoms with van der Waals surface area (Å²) >= 11 is 0. The Morgan fingerprint density at radius 2 is 1.81 bits per heavy atom. The standard InChI is InChI=1S/C21H21N3O2/c1-15-7-9-16(10-8-15)13-21(25)23-17-11-12-20(22-14-17)24-18-5-3-4-6-19(18)26-2/h3-12,14H,13H2,1-2H3,(H,22,24)(H,23,25). The molecule has 1 amide bonds. The van der Waals surface area contributed by atoms with Gasteiger partial charge in [-0.1, -0.05) is 42.0 Å². The van der Waals surface area contributed by atoms with Crippen LogP contribution in [0.15, 0.2) is 66.9 Å². The molecule has 0 aliphatic carbocycles. The highest BCUT2D eigenvalue weighted by molar-refractivity contribution is 5.92. The average Bonchev–Trinajstić information content (AvgIpc) is 2.65. The summed E-state index contributed by atoms with van der Waals surface area (Å²) in [4.78, 5) is 16.5. The number of benzene rings is 2. The van der Waals surface area contributed by atoms with Crippen LogP contribution in [0.5, 0.6) is 5.75 Å². The molecule has 0 saturated carbocycles. The molecule has 3 rings (SSSR count). The summed E-state index contributed by atoms with van der Waals surface area (Å²) in [5, 5.41) is 6.07. The van der Waals surface area contributed by atoms with Crippen LogP contribution in [0, 0.1) is 6.92 Å². The average molecular weight is 347 g/mol. The number of methoxy groups -OCH3 is 1. The Hall–Kier alpha value is -3.34. The van der Waals surface area contributed by atoms with Gasteiger partial charge in [0, 0.05) is 0 Å². The molecule has 1 aromatic heterocycles. The van der Waals surface area contributed by atoms with Crippen molar-refractivity contribution in [1.29, 1.82) is 0 Å². The molecule has 0 aliphatic rings. The number of anilines is 3. The Kier molecular flexibility index (Phi) is 5.49. The van der Waals surface area contributed by atoms with E-state index in [-0.39, 0.29) is 5.91 Å².